The zero-order chi connectivity index (χ0) is 7.94. The molecule has 0 unspecified atom stereocenters. The van der Waals surface area contributed by atoms with Gasteiger partial charge in [0.1, 0.15) is 0 Å². The molecule has 0 bridgehead atoms. The molecular formula is C9H17N2. The molecule has 1 rings (SSSR count). The minimum atomic E-state index is 0.573. The average molecular weight is 153 g/mol. The quantitative estimate of drug-likeness (QED) is 0.371. The lowest BCUT2D eigenvalue weighted by molar-refractivity contribution is 0.334. The third kappa shape index (κ3) is 3.54. The molecule has 1 aliphatic carbocycles. The summed E-state index contributed by atoms with van der Waals surface area (Å²) in [5.41, 5.74) is 7.36. The largest absolute Gasteiger partial charge is 0.236 e. The van der Waals surface area contributed by atoms with E-state index in [0.29, 0.717) is 6.04 Å². The molecule has 2 nitrogen and oxygen atoms in total. The Labute approximate surface area is 69.0 Å². The zero-order valence-corrected chi connectivity index (χ0v) is 7.05. The summed E-state index contributed by atoms with van der Waals surface area (Å²) in [5.74, 6) is 0. The molecule has 63 valence electrons. The van der Waals surface area contributed by atoms with Crippen LogP contribution in [0.2, 0.25) is 0 Å². The number of nitrogens with zero attached hydrogens (tertiary/aromatic N) is 1. The van der Waals surface area contributed by atoms with Gasteiger partial charge >= 0.3 is 0 Å². The van der Waals surface area contributed by atoms with Gasteiger partial charge in [-0.2, -0.15) is 5.43 Å². The molecule has 0 saturated heterocycles. The normalized spacial score (nSPS) is 20.0. The molecule has 0 amide bonds. The highest BCUT2D eigenvalue weighted by molar-refractivity contribution is 4.72. The Bertz CT molecular complexity index is 106. The molecule has 2 heteroatoms. The Morgan fingerprint density at radius 2 is 2.09 bits per heavy atom. The van der Waals surface area contributed by atoms with Gasteiger partial charge in [-0.15, -0.1) is 6.58 Å². The molecule has 0 aliphatic heterocycles. The molecule has 0 aromatic carbocycles. The van der Waals surface area contributed by atoms with Gasteiger partial charge in [0.15, 0.2) is 0 Å². The highest BCUT2D eigenvalue weighted by Crippen LogP contribution is 2.17. The summed E-state index contributed by atoms with van der Waals surface area (Å²) in [6.07, 6.45) is 8.47. The van der Waals surface area contributed by atoms with E-state index in [-0.39, 0.29) is 0 Å². The summed E-state index contributed by atoms with van der Waals surface area (Å²) >= 11 is 0. The van der Waals surface area contributed by atoms with Gasteiger partial charge in [-0.25, -0.2) is 5.43 Å². The summed E-state index contributed by atoms with van der Waals surface area (Å²) in [6, 6.07) is 0.573. The van der Waals surface area contributed by atoms with Crippen molar-refractivity contribution < 1.29 is 0 Å². The van der Waals surface area contributed by atoms with Gasteiger partial charge in [0, 0.05) is 12.6 Å². The van der Waals surface area contributed by atoms with Crippen LogP contribution in [-0.2, 0) is 0 Å². The molecule has 0 heterocycles. The second-order valence-electron chi connectivity index (χ2n) is 3.07. The monoisotopic (exact) mass is 153 g/mol. The van der Waals surface area contributed by atoms with Gasteiger partial charge in [0.25, 0.3) is 0 Å². The van der Waals surface area contributed by atoms with Gasteiger partial charge < -0.3 is 0 Å². The summed E-state index contributed by atoms with van der Waals surface area (Å²) in [6.45, 7) is 4.42. The summed E-state index contributed by atoms with van der Waals surface area (Å²) in [4.78, 5) is 0. The van der Waals surface area contributed by atoms with Crippen LogP contribution >= 0.6 is 0 Å². The third-order valence-electron chi connectivity index (χ3n) is 2.08. The van der Waals surface area contributed by atoms with Crippen molar-refractivity contribution in [1.82, 2.24) is 10.9 Å². The first kappa shape index (κ1) is 8.75. The fraction of sp³-hybridized carbons (Fsp3) is 0.778. The minimum Gasteiger partial charge on any atom is -0.236 e. The van der Waals surface area contributed by atoms with E-state index in [1.165, 1.54) is 32.1 Å². The smallest absolute Gasteiger partial charge is 0.0416 e. The average Bonchev–Trinajstić information content (AvgIpc) is 2.07. The lowest BCUT2D eigenvalue weighted by Gasteiger charge is -2.20. The Hall–Kier alpha value is -0.340. The molecule has 0 atom stereocenters. The topological polar surface area (TPSA) is 26.1 Å². The SMILES string of the molecule is C=CCN[N]C1CCCCC1. The molecule has 1 aliphatic rings. The predicted octanol–water partition coefficient (Wildman–Crippen LogP) is 1.61. The fourth-order valence-electron chi connectivity index (χ4n) is 1.46. The van der Waals surface area contributed by atoms with Crippen LogP contribution in [0, 0.1) is 0 Å². The van der Waals surface area contributed by atoms with Crippen molar-refractivity contribution in [2.75, 3.05) is 6.54 Å². The second-order valence-corrected chi connectivity index (χ2v) is 3.07. The van der Waals surface area contributed by atoms with Gasteiger partial charge in [-0.05, 0) is 12.8 Å². The van der Waals surface area contributed by atoms with Gasteiger partial charge in [0.2, 0.25) is 0 Å². The van der Waals surface area contributed by atoms with Gasteiger partial charge in [-0.1, -0.05) is 25.3 Å². The van der Waals surface area contributed by atoms with E-state index in [4.69, 9.17) is 0 Å². The van der Waals surface area contributed by atoms with Crippen molar-refractivity contribution in [3.05, 3.63) is 12.7 Å². The maximum Gasteiger partial charge on any atom is 0.0416 e. The van der Waals surface area contributed by atoms with Crippen molar-refractivity contribution in [3.8, 4) is 0 Å². The summed E-state index contributed by atoms with van der Waals surface area (Å²) < 4.78 is 0. The number of nitrogens with one attached hydrogen (secondary N) is 1. The molecule has 1 radical (unpaired) electrons. The van der Waals surface area contributed by atoms with E-state index in [2.05, 4.69) is 17.4 Å². The van der Waals surface area contributed by atoms with Gasteiger partial charge in [0.05, 0.1) is 0 Å². The maximum atomic E-state index is 4.35. The van der Waals surface area contributed by atoms with E-state index >= 15 is 0 Å². The van der Waals surface area contributed by atoms with Crippen LogP contribution in [0.1, 0.15) is 32.1 Å². The number of hydrogen-bond donors (Lipinski definition) is 1. The molecule has 1 saturated carbocycles. The zero-order valence-electron chi connectivity index (χ0n) is 7.05. The van der Waals surface area contributed by atoms with Gasteiger partial charge in [-0.3, -0.25) is 0 Å². The first-order valence-electron chi connectivity index (χ1n) is 4.47. The van der Waals surface area contributed by atoms with Crippen molar-refractivity contribution in [3.63, 3.8) is 0 Å². The standard InChI is InChI=1S/C9H17N2/c1-2-8-10-11-9-6-4-3-5-7-9/h2,9-10H,1,3-8H2. The minimum absolute atomic E-state index is 0.573. The Balaban J connectivity index is 2.00. The van der Waals surface area contributed by atoms with Crippen molar-refractivity contribution >= 4 is 0 Å². The molecule has 0 aromatic heterocycles. The summed E-state index contributed by atoms with van der Waals surface area (Å²) in [7, 11) is 0. The highest BCUT2D eigenvalue weighted by atomic mass is 15.4. The molecule has 11 heavy (non-hydrogen) atoms. The lowest BCUT2D eigenvalue weighted by atomic mass is 9.96. The Kier molecular flexibility index (Phi) is 4.24. The molecule has 0 spiro atoms. The fourth-order valence-corrected chi connectivity index (χ4v) is 1.46. The van der Waals surface area contributed by atoms with Crippen LogP contribution in [0.15, 0.2) is 12.7 Å². The first-order chi connectivity index (χ1) is 5.43. The summed E-state index contributed by atoms with van der Waals surface area (Å²) in [5, 5.41) is 0. The van der Waals surface area contributed by atoms with E-state index in [1.807, 2.05) is 6.08 Å². The van der Waals surface area contributed by atoms with Crippen molar-refractivity contribution in [1.29, 1.82) is 0 Å². The van der Waals surface area contributed by atoms with Crippen molar-refractivity contribution in [2.24, 2.45) is 0 Å². The Morgan fingerprint density at radius 1 is 1.36 bits per heavy atom. The molecule has 1 fully saturated rings. The van der Waals surface area contributed by atoms with E-state index < -0.39 is 0 Å². The van der Waals surface area contributed by atoms with Crippen LogP contribution < -0.4 is 10.9 Å². The van der Waals surface area contributed by atoms with Crippen LogP contribution in [-0.4, -0.2) is 12.6 Å². The van der Waals surface area contributed by atoms with Crippen LogP contribution in [0.25, 0.3) is 0 Å². The maximum absolute atomic E-state index is 4.35. The number of hydrogen-bond acceptors (Lipinski definition) is 1. The third-order valence-corrected chi connectivity index (χ3v) is 2.08. The number of rotatable bonds is 4. The van der Waals surface area contributed by atoms with Crippen LogP contribution in [0.4, 0.5) is 0 Å². The molecular weight excluding hydrogens is 136 g/mol. The second kappa shape index (κ2) is 5.33. The molecule has 0 aromatic rings. The highest BCUT2D eigenvalue weighted by Gasteiger charge is 2.12. The van der Waals surface area contributed by atoms with E-state index in [1.54, 1.807) is 0 Å². The van der Waals surface area contributed by atoms with Crippen LogP contribution in [0.3, 0.4) is 0 Å². The first-order valence-corrected chi connectivity index (χ1v) is 4.47. The van der Waals surface area contributed by atoms with E-state index in [9.17, 15) is 0 Å². The Morgan fingerprint density at radius 3 is 2.73 bits per heavy atom. The molecule has 1 N–H and O–H groups in total. The van der Waals surface area contributed by atoms with Crippen LogP contribution in [0.5, 0.6) is 0 Å². The van der Waals surface area contributed by atoms with E-state index in [0.717, 1.165) is 6.54 Å². The predicted molar refractivity (Wildman–Crippen MR) is 47.2 cm³/mol. The lowest BCUT2D eigenvalue weighted by Crippen LogP contribution is -2.35. The van der Waals surface area contributed by atoms with Crippen molar-refractivity contribution in [2.45, 2.75) is 38.1 Å².